The van der Waals surface area contributed by atoms with E-state index in [9.17, 15) is 9.59 Å². The number of esters is 1. The van der Waals surface area contributed by atoms with Crippen LogP contribution in [-0.4, -0.2) is 44.1 Å². The molecule has 3 aromatic rings. The molecule has 0 aliphatic carbocycles. The van der Waals surface area contributed by atoms with Crippen LogP contribution in [0.2, 0.25) is 0 Å². The number of nitrogens with zero attached hydrogens (tertiary/aromatic N) is 4. The lowest BCUT2D eigenvalue weighted by Crippen LogP contribution is -2.39. The molecule has 3 rings (SSSR count). The average Bonchev–Trinajstić information content (AvgIpc) is 2.71. The Bertz CT molecular complexity index is 1090. The molecule has 0 bridgehead atoms. The van der Waals surface area contributed by atoms with Crippen LogP contribution in [0.4, 0.5) is 11.8 Å². The first kappa shape index (κ1) is 19.9. The number of aromatic nitrogens is 4. The minimum absolute atomic E-state index is 0.00645. The number of hydrogen-bond donors (Lipinski definition) is 3. The minimum atomic E-state index is -1.09. The molecular weight excluding hydrogens is 376 g/mol. The molecule has 0 amide bonds. The van der Waals surface area contributed by atoms with Gasteiger partial charge in [-0.05, 0) is 24.1 Å². The Hall–Kier alpha value is -3.82. The van der Waals surface area contributed by atoms with Crippen molar-refractivity contribution in [2.24, 2.45) is 0 Å². The third-order valence-electron chi connectivity index (χ3n) is 4.85. The number of benzene rings is 1. The molecule has 0 fully saturated rings. The van der Waals surface area contributed by atoms with Crippen LogP contribution < -0.4 is 11.5 Å². The number of nitrogen functional groups attached to an aromatic ring is 2. The number of carboxylic acid groups (broad SMARTS) is 1. The van der Waals surface area contributed by atoms with Gasteiger partial charge in [-0.1, -0.05) is 19.1 Å². The molecule has 0 aliphatic rings. The fourth-order valence-electron chi connectivity index (χ4n) is 3.27. The molecule has 2 heterocycles. The summed E-state index contributed by atoms with van der Waals surface area (Å²) in [5, 5.41) is 9.13. The van der Waals surface area contributed by atoms with Crippen LogP contribution in [-0.2, 0) is 21.4 Å². The Labute approximate surface area is 166 Å². The fourth-order valence-corrected chi connectivity index (χ4v) is 3.27. The third-order valence-corrected chi connectivity index (χ3v) is 4.85. The van der Waals surface area contributed by atoms with Gasteiger partial charge in [0, 0.05) is 6.42 Å². The molecule has 0 saturated heterocycles. The predicted molar refractivity (Wildman–Crippen MR) is 105 cm³/mol. The van der Waals surface area contributed by atoms with E-state index in [0.29, 0.717) is 17.7 Å². The summed E-state index contributed by atoms with van der Waals surface area (Å²) in [4.78, 5) is 40.5. The Morgan fingerprint density at radius 1 is 1.14 bits per heavy atom. The van der Waals surface area contributed by atoms with E-state index in [1.807, 2.05) is 6.92 Å². The van der Waals surface area contributed by atoms with Gasteiger partial charge in [0.15, 0.2) is 17.0 Å². The summed E-state index contributed by atoms with van der Waals surface area (Å²) >= 11 is 0. The highest BCUT2D eigenvalue weighted by Gasteiger charge is 2.40. The second-order valence-corrected chi connectivity index (χ2v) is 6.49. The zero-order valence-electron chi connectivity index (χ0n) is 15.9. The van der Waals surface area contributed by atoms with Gasteiger partial charge in [-0.15, -0.1) is 0 Å². The van der Waals surface area contributed by atoms with Gasteiger partial charge in [0.2, 0.25) is 5.95 Å². The largest absolute Gasteiger partial charge is 0.478 e. The second-order valence-electron chi connectivity index (χ2n) is 6.49. The summed E-state index contributed by atoms with van der Waals surface area (Å²) < 4.78 is 5.07. The van der Waals surface area contributed by atoms with Gasteiger partial charge in [0.25, 0.3) is 0 Å². The van der Waals surface area contributed by atoms with Crippen molar-refractivity contribution in [1.82, 2.24) is 19.9 Å². The molecule has 2 aromatic heterocycles. The van der Waals surface area contributed by atoms with E-state index < -0.39 is 17.4 Å². The number of carbonyl (C=O) groups excluding carboxylic acids is 1. The molecular formula is C19H20N6O4. The molecule has 1 atom stereocenters. The van der Waals surface area contributed by atoms with Crippen molar-refractivity contribution >= 4 is 34.9 Å². The van der Waals surface area contributed by atoms with Crippen molar-refractivity contribution in [1.29, 1.82) is 0 Å². The molecule has 150 valence electrons. The van der Waals surface area contributed by atoms with E-state index in [4.69, 9.17) is 21.3 Å². The Balaban J connectivity index is 2.09. The number of aromatic carboxylic acids is 1. The summed E-state index contributed by atoms with van der Waals surface area (Å²) in [7, 11) is 1.30. The van der Waals surface area contributed by atoms with Crippen LogP contribution in [0.1, 0.15) is 35.0 Å². The molecule has 0 spiro atoms. The van der Waals surface area contributed by atoms with Gasteiger partial charge < -0.3 is 21.3 Å². The number of carbonyl (C=O) groups is 2. The number of methoxy groups -OCH3 is 1. The Kier molecular flexibility index (Phi) is 5.26. The van der Waals surface area contributed by atoms with Crippen LogP contribution in [0, 0.1) is 0 Å². The highest BCUT2D eigenvalue weighted by atomic mass is 16.5. The molecule has 5 N–H and O–H groups in total. The molecule has 10 nitrogen and oxygen atoms in total. The van der Waals surface area contributed by atoms with Crippen molar-refractivity contribution in [3.63, 3.8) is 0 Å². The lowest BCUT2D eigenvalue weighted by molar-refractivity contribution is -0.147. The summed E-state index contributed by atoms with van der Waals surface area (Å²) in [6.45, 7) is 1.84. The lowest BCUT2D eigenvalue weighted by Gasteiger charge is -2.30. The van der Waals surface area contributed by atoms with Gasteiger partial charge in [0.1, 0.15) is 0 Å². The second kappa shape index (κ2) is 7.66. The molecule has 0 aliphatic heterocycles. The van der Waals surface area contributed by atoms with Gasteiger partial charge in [-0.3, -0.25) is 4.79 Å². The quantitative estimate of drug-likeness (QED) is 0.517. The van der Waals surface area contributed by atoms with Crippen LogP contribution >= 0.6 is 0 Å². The highest BCUT2D eigenvalue weighted by Crippen LogP contribution is 2.34. The number of hydrogen-bond acceptors (Lipinski definition) is 9. The number of ether oxygens (including phenoxy) is 1. The lowest BCUT2D eigenvalue weighted by atomic mass is 9.74. The standard InChI is InChI=1S/C19H20N6O4/c1-3-19(17(28)29-2,11-6-4-10(5-7-11)16(26)27)8-12-9-22-15-13(23-12)14(20)24-18(21)25-15/h4-7,9H,3,8H2,1-2H3,(H,26,27)(H4,20,21,22,24,25). The SMILES string of the molecule is CCC(Cc1cnc2nc(N)nc(N)c2n1)(C(=O)OC)c1ccc(C(=O)O)cc1. The highest BCUT2D eigenvalue weighted by molar-refractivity contribution is 5.88. The van der Waals surface area contributed by atoms with Crippen LogP contribution in [0.3, 0.4) is 0 Å². The van der Waals surface area contributed by atoms with Crippen LogP contribution in [0.15, 0.2) is 30.5 Å². The zero-order valence-corrected chi connectivity index (χ0v) is 15.9. The normalized spacial score (nSPS) is 13.0. The van der Waals surface area contributed by atoms with E-state index in [2.05, 4.69) is 19.9 Å². The van der Waals surface area contributed by atoms with Gasteiger partial charge in [-0.25, -0.2) is 14.8 Å². The number of nitrogens with two attached hydrogens (primary N) is 2. The maximum absolute atomic E-state index is 12.8. The molecule has 0 saturated carbocycles. The minimum Gasteiger partial charge on any atom is -0.478 e. The average molecular weight is 396 g/mol. The van der Waals surface area contributed by atoms with E-state index in [1.165, 1.54) is 25.4 Å². The summed E-state index contributed by atoms with van der Waals surface area (Å²) in [5.41, 5.74) is 12.1. The Morgan fingerprint density at radius 2 is 1.83 bits per heavy atom. The number of carboxylic acids is 1. The van der Waals surface area contributed by atoms with Crippen LogP contribution in [0.5, 0.6) is 0 Å². The fraction of sp³-hybridized carbons (Fsp3) is 0.263. The van der Waals surface area contributed by atoms with Crippen molar-refractivity contribution < 1.29 is 19.4 Å². The molecule has 1 aromatic carbocycles. The molecule has 1 unspecified atom stereocenters. The topological polar surface area (TPSA) is 167 Å². The predicted octanol–water partition coefficient (Wildman–Crippen LogP) is 1.35. The van der Waals surface area contributed by atoms with Crippen molar-refractivity contribution in [2.45, 2.75) is 25.2 Å². The number of anilines is 2. The van der Waals surface area contributed by atoms with Crippen molar-refractivity contribution in [3.8, 4) is 0 Å². The monoisotopic (exact) mass is 396 g/mol. The van der Waals surface area contributed by atoms with E-state index in [0.717, 1.165) is 0 Å². The van der Waals surface area contributed by atoms with Gasteiger partial charge >= 0.3 is 11.9 Å². The zero-order chi connectivity index (χ0) is 21.2. The maximum Gasteiger partial charge on any atom is 0.335 e. The third kappa shape index (κ3) is 3.64. The van der Waals surface area contributed by atoms with Gasteiger partial charge in [-0.2, -0.15) is 9.97 Å². The van der Waals surface area contributed by atoms with Gasteiger partial charge in [0.05, 0.1) is 30.0 Å². The van der Waals surface area contributed by atoms with Crippen molar-refractivity contribution in [3.05, 3.63) is 47.3 Å². The van der Waals surface area contributed by atoms with E-state index in [1.54, 1.807) is 12.1 Å². The summed E-state index contributed by atoms with van der Waals surface area (Å²) in [6, 6.07) is 6.12. The summed E-state index contributed by atoms with van der Waals surface area (Å²) in [5.74, 6) is -1.43. The Morgan fingerprint density at radius 3 is 2.41 bits per heavy atom. The summed E-state index contributed by atoms with van der Waals surface area (Å²) in [6.07, 6.45) is 2.04. The number of fused-ring (bicyclic) bond motifs is 1. The van der Waals surface area contributed by atoms with E-state index in [-0.39, 0.29) is 34.9 Å². The number of rotatable bonds is 6. The smallest absolute Gasteiger partial charge is 0.335 e. The molecule has 0 radical (unpaired) electrons. The molecule has 29 heavy (non-hydrogen) atoms. The first-order valence-corrected chi connectivity index (χ1v) is 8.77. The van der Waals surface area contributed by atoms with E-state index >= 15 is 0 Å². The first-order chi connectivity index (χ1) is 13.8. The molecule has 10 heteroatoms. The maximum atomic E-state index is 12.8. The van der Waals surface area contributed by atoms with Crippen LogP contribution in [0.25, 0.3) is 11.2 Å². The van der Waals surface area contributed by atoms with Crippen molar-refractivity contribution in [2.75, 3.05) is 18.6 Å². The first-order valence-electron chi connectivity index (χ1n) is 8.77.